The van der Waals surface area contributed by atoms with E-state index < -0.39 is 20.7 Å². The van der Waals surface area contributed by atoms with E-state index in [1.807, 2.05) is 0 Å². The fourth-order valence-corrected chi connectivity index (χ4v) is 4.29. The molecule has 118 valence electrons. The molecule has 1 aliphatic rings. The van der Waals surface area contributed by atoms with Crippen molar-refractivity contribution in [3.05, 3.63) is 21.4 Å². The SMILES string of the molecule is Nc1c(F)c(S(=O)(=O)NCCC2CCCC2)cc(Cl)c1Br. The molecule has 3 N–H and O–H groups in total. The van der Waals surface area contributed by atoms with Crippen LogP contribution in [0.25, 0.3) is 0 Å². The predicted molar refractivity (Wildman–Crippen MR) is 85.3 cm³/mol. The van der Waals surface area contributed by atoms with Gasteiger partial charge in [-0.3, -0.25) is 0 Å². The molecule has 0 unspecified atom stereocenters. The van der Waals surface area contributed by atoms with Crippen LogP contribution in [0.5, 0.6) is 0 Å². The number of hydrogen-bond donors (Lipinski definition) is 2. The van der Waals surface area contributed by atoms with Crippen molar-refractivity contribution in [2.45, 2.75) is 37.0 Å². The highest BCUT2D eigenvalue weighted by Gasteiger charge is 2.24. The maximum atomic E-state index is 14.0. The Morgan fingerprint density at radius 2 is 2.05 bits per heavy atom. The van der Waals surface area contributed by atoms with Crippen LogP contribution in [0.4, 0.5) is 10.1 Å². The summed E-state index contributed by atoms with van der Waals surface area (Å²) >= 11 is 8.87. The second-order valence-electron chi connectivity index (χ2n) is 5.24. The van der Waals surface area contributed by atoms with Crippen LogP contribution in [0.15, 0.2) is 15.4 Å². The second-order valence-corrected chi connectivity index (χ2v) is 8.17. The molecule has 21 heavy (non-hydrogen) atoms. The molecule has 0 amide bonds. The summed E-state index contributed by atoms with van der Waals surface area (Å²) in [6, 6.07) is 1.06. The summed E-state index contributed by atoms with van der Waals surface area (Å²) < 4.78 is 40.9. The van der Waals surface area contributed by atoms with Gasteiger partial charge in [-0.2, -0.15) is 0 Å². The van der Waals surface area contributed by atoms with Gasteiger partial charge in [0.1, 0.15) is 4.90 Å². The van der Waals surface area contributed by atoms with Crippen molar-refractivity contribution in [3.63, 3.8) is 0 Å². The van der Waals surface area contributed by atoms with Crippen LogP contribution in [0, 0.1) is 11.7 Å². The smallest absolute Gasteiger partial charge is 0.243 e. The van der Waals surface area contributed by atoms with E-state index in [0.29, 0.717) is 12.5 Å². The Labute approximate surface area is 137 Å². The molecule has 0 aliphatic heterocycles. The first-order chi connectivity index (χ1) is 9.83. The van der Waals surface area contributed by atoms with E-state index in [2.05, 4.69) is 20.7 Å². The Kier molecular flexibility index (Phi) is 5.51. The molecular formula is C13H17BrClFN2O2S. The van der Waals surface area contributed by atoms with Gasteiger partial charge in [0.25, 0.3) is 0 Å². The number of halogens is 3. The normalized spacial score (nSPS) is 16.5. The monoisotopic (exact) mass is 398 g/mol. The van der Waals surface area contributed by atoms with Gasteiger partial charge < -0.3 is 5.73 Å². The number of anilines is 1. The molecule has 0 atom stereocenters. The van der Waals surface area contributed by atoms with Crippen LogP contribution in [0.1, 0.15) is 32.1 Å². The van der Waals surface area contributed by atoms with Gasteiger partial charge in [0.2, 0.25) is 10.0 Å². The third-order valence-corrected chi connectivity index (χ3v) is 6.61. The summed E-state index contributed by atoms with van der Waals surface area (Å²) in [6.45, 7) is 0.292. The standard InChI is InChI=1S/C13H17BrClFN2O2S/c14-11-9(15)7-10(12(16)13(11)17)21(19,20)18-6-5-8-3-1-2-4-8/h7-8,18H,1-6,17H2. The van der Waals surface area contributed by atoms with Gasteiger partial charge in [-0.05, 0) is 34.3 Å². The summed E-state index contributed by atoms with van der Waals surface area (Å²) in [5.74, 6) is -0.434. The molecule has 0 radical (unpaired) electrons. The number of benzene rings is 1. The van der Waals surface area contributed by atoms with Crippen LogP contribution in [-0.4, -0.2) is 15.0 Å². The molecule has 1 saturated carbocycles. The van der Waals surface area contributed by atoms with Crippen molar-refractivity contribution in [3.8, 4) is 0 Å². The molecule has 0 aromatic heterocycles. The van der Waals surface area contributed by atoms with Crippen LogP contribution < -0.4 is 10.5 Å². The van der Waals surface area contributed by atoms with E-state index in [-0.39, 0.29) is 15.2 Å². The molecule has 1 aromatic rings. The van der Waals surface area contributed by atoms with E-state index in [1.165, 1.54) is 12.8 Å². The lowest BCUT2D eigenvalue weighted by Gasteiger charge is -2.13. The van der Waals surface area contributed by atoms with Gasteiger partial charge in [-0.1, -0.05) is 37.3 Å². The highest BCUT2D eigenvalue weighted by atomic mass is 79.9. The van der Waals surface area contributed by atoms with Crippen molar-refractivity contribution in [1.29, 1.82) is 0 Å². The summed E-state index contributed by atoms with van der Waals surface area (Å²) in [6.07, 6.45) is 5.43. The molecule has 8 heteroatoms. The lowest BCUT2D eigenvalue weighted by atomic mass is 10.1. The van der Waals surface area contributed by atoms with Crippen molar-refractivity contribution < 1.29 is 12.8 Å². The number of rotatable bonds is 5. The van der Waals surface area contributed by atoms with E-state index in [4.69, 9.17) is 17.3 Å². The molecule has 1 fully saturated rings. The maximum absolute atomic E-state index is 14.0. The molecule has 4 nitrogen and oxygen atoms in total. The Morgan fingerprint density at radius 3 is 2.67 bits per heavy atom. The van der Waals surface area contributed by atoms with Crippen molar-refractivity contribution >= 4 is 43.2 Å². The number of sulfonamides is 1. The number of hydrogen-bond acceptors (Lipinski definition) is 3. The highest BCUT2D eigenvalue weighted by Crippen LogP contribution is 2.34. The van der Waals surface area contributed by atoms with Gasteiger partial charge in [0, 0.05) is 6.54 Å². The zero-order valence-electron chi connectivity index (χ0n) is 11.3. The molecule has 1 aliphatic carbocycles. The average Bonchev–Trinajstić information content (AvgIpc) is 2.93. The zero-order chi connectivity index (χ0) is 15.6. The van der Waals surface area contributed by atoms with Crippen LogP contribution >= 0.6 is 27.5 Å². The van der Waals surface area contributed by atoms with E-state index >= 15 is 0 Å². The van der Waals surface area contributed by atoms with Gasteiger partial charge in [-0.25, -0.2) is 17.5 Å². The molecule has 1 aromatic carbocycles. The minimum absolute atomic E-state index is 0.0602. The topological polar surface area (TPSA) is 72.2 Å². The molecule has 2 rings (SSSR count). The first kappa shape index (κ1) is 17.0. The van der Waals surface area contributed by atoms with E-state index in [9.17, 15) is 12.8 Å². The third kappa shape index (κ3) is 3.88. The van der Waals surface area contributed by atoms with Crippen LogP contribution in [0.2, 0.25) is 5.02 Å². The van der Waals surface area contributed by atoms with Gasteiger partial charge >= 0.3 is 0 Å². The first-order valence-electron chi connectivity index (χ1n) is 6.75. The molecule has 0 spiro atoms. The van der Waals surface area contributed by atoms with Crippen molar-refractivity contribution in [1.82, 2.24) is 4.72 Å². The fourth-order valence-electron chi connectivity index (χ4n) is 2.57. The Bertz CT molecular complexity index is 634. The quantitative estimate of drug-likeness (QED) is 0.586. The maximum Gasteiger partial charge on any atom is 0.243 e. The average molecular weight is 400 g/mol. The second kappa shape index (κ2) is 6.81. The summed E-state index contributed by atoms with van der Waals surface area (Å²) in [4.78, 5) is -0.514. The van der Waals surface area contributed by atoms with Crippen LogP contribution in [0.3, 0.4) is 0 Å². The Balaban J connectivity index is 2.12. The van der Waals surface area contributed by atoms with Gasteiger partial charge in [-0.15, -0.1) is 0 Å². The van der Waals surface area contributed by atoms with E-state index in [1.54, 1.807) is 0 Å². The lowest BCUT2D eigenvalue weighted by molar-refractivity contribution is 0.494. The van der Waals surface area contributed by atoms with Crippen molar-refractivity contribution in [2.75, 3.05) is 12.3 Å². The number of nitrogens with one attached hydrogen (secondary N) is 1. The fraction of sp³-hybridized carbons (Fsp3) is 0.538. The summed E-state index contributed by atoms with van der Waals surface area (Å²) in [5.41, 5.74) is 5.20. The first-order valence-corrected chi connectivity index (χ1v) is 9.41. The van der Waals surface area contributed by atoms with Crippen LogP contribution in [-0.2, 0) is 10.0 Å². The molecule has 0 heterocycles. The number of nitrogen functional groups attached to an aromatic ring is 1. The number of nitrogens with two attached hydrogens (primary N) is 1. The largest absolute Gasteiger partial charge is 0.395 e. The Hall–Kier alpha value is -0.370. The molecule has 0 bridgehead atoms. The van der Waals surface area contributed by atoms with Crippen molar-refractivity contribution in [2.24, 2.45) is 5.92 Å². The molecule has 0 saturated heterocycles. The van der Waals surface area contributed by atoms with Gasteiger partial charge in [0.05, 0.1) is 15.2 Å². The lowest BCUT2D eigenvalue weighted by Crippen LogP contribution is -2.27. The minimum Gasteiger partial charge on any atom is -0.395 e. The minimum atomic E-state index is -3.95. The van der Waals surface area contributed by atoms with Gasteiger partial charge in [0.15, 0.2) is 5.82 Å². The Morgan fingerprint density at radius 1 is 1.43 bits per heavy atom. The molecular weight excluding hydrogens is 383 g/mol. The highest BCUT2D eigenvalue weighted by molar-refractivity contribution is 9.10. The summed E-state index contributed by atoms with van der Waals surface area (Å²) in [7, 11) is -3.95. The summed E-state index contributed by atoms with van der Waals surface area (Å²) in [5, 5.41) is 0.0602. The van der Waals surface area contributed by atoms with E-state index in [0.717, 1.165) is 25.3 Å². The zero-order valence-corrected chi connectivity index (χ0v) is 14.5. The third-order valence-electron chi connectivity index (χ3n) is 3.77. The predicted octanol–water partition coefficient (Wildman–Crippen LogP) is 3.68.